The second-order valence-electron chi connectivity index (χ2n) is 7.28. The minimum absolute atomic E-state index is 0.215. The fourth-order valence-electron chi connectivity index (χ4n) is 3.85. The van der Waals surface area contributed by atoms with Gasteiger partial charge in [-0.25, -0.2) is 0 Å². The predicted molar refractivity (Wildman–Crippen MR) is 114 cm³/mol. The lowest BCUT2D eigenvalue weighted by atomic mass is 10.0. The molecule has 0 aromatic heterocycles. The van der Waals surface area contributed by atoms with Crippen molar-refractivity contribution in [2.75, 3.05) is 38.2 Å². The molecule has 0 radical (unpaired) electrons. The van der Waals surface area contributed by atoms with E-state index in [2.05, 4.69) is 47.4 Å². The summed E-state index contributed by atoms with van der Waals surface area (Å²) in [6, 6.07) is 22.7. The van der Waals surface area contributed by atoms with Crippen LogP contribution in [0.25, 0.3) is 10.8 Å². The lowest BCUT2D eigenvalue weighted by Gasteiger charge is -2.24. The minimum atomic E-state index is 0.215. The molecule has 144 valence electrons. The van der Waals surface area contributed by atoms with Crippen molar-refractivity contribution in [2.24, 2.45) is 0 Å². The van der Waals surface area contributed by atoms with Gasteiger partial charge in [0.25, 0.3) is 0 Å². The number of hydrogen-bond donors (Lipinski definition) is 0. The van der Waals surface area contributed by atoms with Gasteiger partial charge in [-0.1, -0.05) is 42.5 Å². The summed E-state index contributed by atoms with van der Waals surface area (Å²) in [6.07, 6.45) is 1.45. The number of carbonyl (C=O) groups excluding carboxylic acids is 1. The van der Waals surface area contributed by atoms with Crippen molar-refractivity contribution < 1.29 is 9.53 Å². The van der Waals surface area contributed by atoms with Gasteiger partial charge in [-0.2, -0.15) is 0 Å². The second kappa shape index (κ2) is 8.34. The number of hydrogen-bond acceptors (Lipinski definition) is 3. The number of rotatable bonds is 4. The van der Waals surface area contributed by atoms with Crippen molar-refractivity contribution in [2.45, 2.75) is 12.8 Å². The lowest BCUT2D eigenvalue weighted by Crippen LogP contribution is -2.36. The average Bonchev–Trinajstić information content (AvgIpc) is 3.00. The summed E-state index contributed by atoms with van der Waals surface area (Å²) >= 11 is 0. The van der Waals surface area contributed by atoms with Gasteiger partial charge < -0.3 is 14.5 Å². The van der Waals surface area contributed by atoms with E-state index in [1.807, 2.05) is 29.2 Å². The lowest BCUT2D eigenvalue weighted by molar-refractivity contribution is -0.130. The molecule has 1 aliphatic heterocycles. The van der Waals surface area contributed by atoms with Crippen LogP contribution in [-0.4, -0.2) is 44.1 Å². The van der Waals surface area contributed by atoms with Gasteiger partial charge in [0.1, 0.15) is 5.75 Å². The van der Waals surface area contributed by atoms with Crippen molar-refractivity contribution in [3.63, 3.8) is 0 Å². The standard InChI is InChI=1S/C24H26N2O2/c1-28-23-11-9-22(10-12-23)25-13-4-14-26(16-15-25)24(27)18-19-7-8-20-5-2-3-6-21(20)17-19/h2-3,5-12,17H,4,13-16,18H2,1H3. The van der Waals surface area contributed by atoms with Crippen LogP contribution >= 0.6 is 0 Å². The molecule has 0 saturated carbocycles. The Morgan fingerprint density at radius 2 is 1.68 bits per heavy atom. The first kappa shape index (κ1) is 18.4. The second-order valence-corrected chi connectivity index (χ2v) is 7.28. The molecule has 0 aliphatic carbocycles. The molecule has 4 nitrogen and oxygen atoms in total. The first-order chi connectivity index (χ1) is 13.7. The number of ether oxygens (including phenoxy) is 1. The van der Waals surface area contributed by atoms with Gasteiger partial charge in [0, 0.05) is 31.9 Å². The monoisotopic (exact) mass is 374 g/mol. The van der Waals surface area contributed by atoms with Crippen LogP contribution in [0.3, 0.4) is 0 Å². The van der Waals surface area contributed by atoms with Crippen LogP contribution in [0.2, 0.25) is 0 Å². The third-order valence-electron chi connectivity index (χ3n) is 5.46. The predicted octanol–water partition coefficient (Wildman–Crippen LogP) is 4.13. The number of benzene rings is 3. The van der Waals surface area contributed by atoms with Crippen LogP contribution in [0.15, 0.2) is 66.7 Å². The van der Waals surface area contributed by atoms with E-state index < -0.39 is 0 Å². The van der Waals surface area contributed by atoms with Gasteiger partial charge in [0.15, 0.2) is 0 Å². The van der Waals surface area contributed by atoms with Gasteiger partial charge in [0.2, 0.25) is 5.91 Å². The van der Waals surface area contributed by atoms with E-state index in [1.165, 1.54) is 16.5 Å². The largest absolute Gasteiger partial charge is 0.497 e. The van der Waals surface area contributed by atoms with Gasteiger partial charge in [-0.15, -0.1) is 0 Å². The maximum absolute atomic E-state index is 12.9. The molecular formula is C24H26N2O2. The summed E-state index contributed by atoms with van der Waals surface area (Å²) in [6.45, 7) is 3.40. The SMILES string of the molecule is COc1ccc(N2CCCN(C(=O)Cc3ccc4ccccc4c3)CC2)cc1. The average molecular weight is 374 g/mol. The Kier molecular flexibility index (Phi) is 5.47. The van der Waals surface area contributed by atoms with Crippen molar-refractivity contribution >= 4 is 22.4 Å². The fraction of sp³-hybridized carbons (Fsp3) is 0.292. The highest BCUT2D eigenvalue weighted by Gasteiger charge is 2.19. The molecule has 4 heteroatoms. The maximum atomic E-state index is 12.9. The summed E-state index contributed by atoms with van der Waals surface area (Å²) in [5.41, 5.74) is 2.27. The molecule has 1 aliphatic rings. The van der Waals surface area contributed by atoms with Gasteiger partial charge in [0.05, 0.1) is 13.5 Å². The van der Waals surface area contributed by atoms with Crippen molar-refractivity contribution in [3.05, 3.63) is 72.3 Å². The smallest absolute Gasteiger partial charge is 0.227 e. The Morgan fingerprint density at radius 3 is 2.46 bits per heavy atom. The number of nitrogens with zero attached hydrogens (tertiary/aromatic N) is 2. The third-order valence-corrected chi connectivity index (χ3v) is 5.46. The first-order valence-electron chi connectivity index (χ1n) is 9.87. The molecule has 0 unspecified atom stereocenters. The Balaban J connectivity index is 1.39. The fourth-order valence-corrected chi connectivity index (χ4v) is 3.85. The molecule has 4 rings (SSSR count). The zero-order valence-corrected chi connectivity index (χ0v) is 16.3. The van der Waals surface area contributed by atoms with Crippen molar-refractivity contribution in [1.82, 2.24) is 4.90 Å². The molecule has 0 bridgehead atoms. The molecule has 1 fully saturated rings. The van der Waals surface area contributed by atoms with Crippen LogP contribution in [0.5, 0.6) is 5.75 Å². The van der Waals surface area contributed by atoms with Crippen LogP contribution in [0.1, 0.15) is 12.0 Å². The zero-order chi connectivity index (χ0) is 19.3. The molecule has 3 aromatic rings. The summed E-state index contributed by atoms with van der Waals surface area (Å²) in [5.74, 6) is 1.08. The molecule has 1 amide bonds. The Hall–Kier alpha value is -3.01. The van der Waals surface area contributed by atoms with E-state index in [0.717, 1.165) is 43.9 Å². The molecule has 0 atom stereocenters. The summed E-state index contributed by atoms with van der Waals surface area (Å²) in [7, 11) is 1.68. The molecule has 0 spiro atoms. The molecule has 1 saturated heterocycles. The molecular weight excluding hydrogens is 348 g/mol. The third kappa shape index (κ3) is 4.11. The van der Waals surface area contributed by atoms with E-state index in [1.54, 1.807) is 7.11 Å². The molecule has 28 heavy (non-hydrogen) atoms. The highest BCUT2D eigenvalue weighted by atomic mass is 16.5. The molecule has 3 aromatic carbocycles. The Morgan fingerprint density at radius 1 is 0.893 bits per heavy atom. The van der Waals surface area contributed by atoms with E-state index in [0.29, 0.717) is 6.42 Å². The van der Waals surface area contributed by atoms with E-state index >= 15 is 0 Å². The zero-order valence-electron chi connectivity index (χ0n) is 16.3. The van der Waals surface area contributed by atoms with Crippen LogP contribution < -0.4 is 9.64 Å². The van der Waals surface area contributed by atoms with Crippen LogP contribution in [0.4, 0.5) is 5.69 Å². The van der Waals surface area contributed by atoms with Gasteiger partial charge in [-0.05, 0) is 47.0 Å². The summed E-state index contributed by atoms with van der Waals surface area (Å²) < 4.78 is 5.24. The van der Waals surface area contributed by atoms with E-state index in [4.69, 9.17) is 4.74 Å². The van der Waals surface area contributed by atoms with E-state index in [-0.39, 0.29) is 5.91 Å². The number of amides is 1. The highest BCUT2D eigenvalue weighted by molar-refractivity contribution is 5.85. The van der Waals surface area contributed by atoms with Gasteiger partial charge >= 0.3 is 0 Å². The Labute approximate surface area is 166 Å². The van der Waals surface area contributed by atoms with Gasteiger partial charge in [-0.3, -0.25) is 4.79 Å². The van der Waals surface area contributed by atoms with Crippen LogP contribution in [-0.2, 0) is 11.2 Å². The molecule has 0 N–H and O–H groups in total. The first-order valence-corrected chi connectivity index (χ1v) is 9.87. The highest BCUT2D eigenvalue weighted by Crippen LogP contribution is 2.21. The number of carbonyl (C=O) groups is 1. The number of anilines is 1. The molecule has 1 heterocycles. The minimum Gasteiger partial charge on any atom is -0.497 e. The van der Waals surface area contributed by atoms with E-state index in [9.17, 15) is 4.79 Å². The topological polar surface area (TPSA) is 32.8 Å². The maximum Gasteiger partial charge on any atom is 0.227 e. The normalized spacial score (nSPS) is 14.8. The van der Waals surface area contributed by atoms with Crippen molar-refractivity contribution in [1.29, 1.82) is 0 Å². The number of methoxy groups -OCH3 is 1. The Bertz CT molecular complexity index is 952. The quantitative estimate of drug-likeness (QED) is 0.688. The summed E-state index contributed by atoms with van der Waals surface area (Å²) in [4.78, 5) is 17.2. The van der Waals surface area contributed by atoms with Crippen molar-refractivity contribution in [3.8, 4) is 5.75 Å². The number of fused-ring (bicyclic) bond motifs is 1. The van der Waals surface area contributed by atoms with Crippen LogP contribution in [0, 0.1) is 0 Å². The summed E-state index contributed by atoms with van der Waals surface area (Å²) in [5, 5.41) is 2.40.